The van der Waals surface area contributed by atoms with Crippen molar-refractivity contribution in [3.05, 3.63) is 48.0 Å². The summed E-state index contributed by atoms with van der Waals surface area (Å²) < 4.78 is 15.7. The molecule has 0 saturated carbocycles. The van der Waals surface area contributed by atoms with Crippen molar-refractivity contribution in [3.8, 4) is 0 Å². The largest absolute Gasteiger partial charge is 0.514 e. The molecule has 2 unspecified atom stereocenters. The summed E-state index contributed by atoms with van der Waals surface area (Å²) in [6.07, 6.45) is -0.461. The van der Waals surface area contributed by atoms with Gasteiger partial charge in [-0.3, -0.25) is 0 Å². The highest BCUT2D eigenvalue weighted by molar-refractivity contribution is 5.87. The zero-order valence-corrected chi connectivity index (χ0v) is 15.4. The third-order valence-electron chi connectivity index (χ3n) is 3.75. The number of hydrogen-bond donors (Lipinski definition) is 0. The Labute approximate surface area is 152 Å². The highest BCUT2D eigenvalue weighted by atomic mass is 17.3. The number of benzene rings is 1. The molecule has 1 aromatic rings. The monoisotopic (exact) mass is 364 g/mol. The molecule has 1 heterocycles. The number of carbonyl (C=O) groups is 2. The lowest BCUT2D eigenvalue weighted by Crippen LogP contribution is -2.55. The lowest BCUT2D eigenvalue weighted by molar-refractivity contribution is -0.587. The predicted octanol–water partition coefficient (Wildman–Crippen LogP) is 3.84. The molecule has 2 atom stereocenters. The highest BCUT2D eigenvalue weighted by Gasteiger charge is 2.52. The molecule has 1 saturated heterocycles. The summed E-state index contributed by atoms with van der Waals surface area (Å²) in [5.74, 6) is -2.47. The summed E-state index contributed by atoms with van der Waals surface area (Å²) in [6, 6.07) is 9.34. The van der Waals surface area contributed by atoms with Gasteiger partial charge in [0.05, 0.1) is 0 Å². The summed E-state index contributed by atoms with van der Waals surface area (Å²) in [5.41, 5.74) is 0.0339. The minimum Gasteiger partial charge on any atom is -0.423 e. The summed E-state index contributed by atoms with van der Waals surface area (Å²) in [6.45, 7) is 10.5. The Hall–Kier alpha value is -2.38. The summed E-state index contributed by atoms with van der Waals surface area (Å²) >= 11 is 0. The van der Waals surface area contributed by atoms with Gasteiger partial charge in [-0.2, -0.15) is 0 Å². The molecule has 0 spiro atoms. The van der Waals surface area contributed by atoms with Crippen LogP contribution in [0.5, 0.6) is 0 Å². The first-order chi connectivity index (χ1) is 12.2. The molecule has 7 heteroatoms. The molecule has 0 aromatic heterocycles. The maximum Gasteiger partial charge on any atom is 0.514 e. The minimum atomic E-state index is -1.96. The topological polar surface area (TPSA) is 80.3 Å². The number of rotatable bonds is 7. The van der Waals surface area contributed by atoms with Gasteiger partial charge in [0.25, 0.3) is 0 Å². The number of carbonyl (C=O) groups excluding carboxylic acids is 2. The van der Waals surface area contributed by atoms with Gasteiger partial charge >= 0.3 is 18.1 Å². The molecular weight excluding hydrogens is 340 g/mol. The molecule has 0 aliphatic carbocycles. The first-order valence-electron chi connectivity index (χ1n) is 8.33. The van der Waals surface area contributed by atoms with Crippen LogP contribution in [-0.4, -0.2) is 24.7 Å². The SMILES string of the molecule is C=C(C)C(=O)OC1(OC(=O)OC(C)(CC(C)C)c2ccccc2)COO1. The van der Waals surface area contributed by atoms with Gasteiger partial charge in [-0.25, -0.2) is 14.5 Å². The molecule has 1 aromatic carbocycles. The molecule has 1 fully saturated rings. The molecule has 0 radical (unpaired) electrons. The zero-order valence-electron chi connectivity index (χ0n) is 15.4. The molecule has 1 aliphatic heterocycles. The quantitative estimate of drug-likeness (QED) is 0.315. The van der Waals surface area contributed by atoms with E-state index in [9.17, 15) is 9.59 Å². The zero-order chi connectivity index (χ0) is 19.4. The van der Waals surface area contributed by atoms with Crippen molar-refractivity contribution >= 4 is 12.1 Å². The summed E-state index contributed by atoms with van der Waals surface area (Å²) in [5, 5.41) is 0. The van der Waals surface area contributed by atoms with Crippen molar-refractivity contribution < 1.29 is 33.6 Å². The molecule has 2 rings (SSSR count). The van der Waals surface area contributed by atoms with Crippen molar-refractivity contribution in [1.29, 1.82) is 0 Å². The van der Waals surface area contributed by atoms with Crippen LogP contribution in [0.3, 0.4) is 0 Å². The van der Waals surface area contributed by atoms with E-state index in [1.165, 1.54) is 6.92 Å². The molecule has 7 nitrogen and oxygen atoms in total. The molecule has 0 amide bonds. The first kappa shape index (κ1) is 19.9. The van der Waals surface area contributed by atoms with Crippen molar-refractivity contribution in [1.82, 2.24) is 0 Å². The number of hydrogen-bond acceptors (Lipinski definition) is 7. The van der Waals surface area contributed by atoms with E-state index in [1.807, 2.05) is 44.2 Å². The molecular formula is C19H24O7. The van der Waals surface area contributed by atoms with Crippen molar-refractivity contribution in [3.63, 3.8) is 0 Å². The maximum atomic E-state index is 12.4. The lowest BCUT2D eigenvalue weighted by atomic mass is 9.87. The van der Waals surface area contributed by atoms with Crippen LogP contribution in [0.2, 0.25) is 0 Å². The van der Waals surface area contributed by atoms with Crippen LogP contribution in [0.15, 0.2) is 42.5 Å². The van der Waals surface area contributed by atoms with Crippen LogP contribution in [-0.2, 0) is 34.4 Å². The Morgan fingerprint density at radius 1 is 1.27 bits per heavy atom. The Bertz CT molecular complexity index is 664. The van der Waals surface area contributed by atoms with E-state index in [1.54, 1.807) is 6.92 Å². The number of esters is 1. The maximum absolute atomic E-state index is 12.4. The van der Waals surface area contributed by atoms with Crippen molar-refractivity contribution in [2.24, 2.45) is 5.92 Å². The van der Waals surface area contributed by atoms with E-state index in [0.717, 1.165) is 5.56 Å². The first-order valence-corrected chi connectivity index (χ1v) is 8.33. The Balaban J connectivity index is 2.12. The Kier molecular flexibility index (Phi) is 6.05. The molecule has 26 heavy (non-hydrogen) atoms. The standard InChI is InChI=1S/C19H24O7/c1-13(2)11-18(5,15-9-7-6-8-10-15)24-17(21)25-19(12-22-26-19)23-16(20)14(3)4/h6-10,13H,3,11-12H2,1-2,4-5H3. The van der Waals surface area contributed by atoms with Gasteiger partial charge in [0.15, 0.2) is 6.61 Å². The molecule has 0 bridgehead atoms. The fourth-order valence-corrected chi connectivity index (χ4v) is 2.62. The average molecular weight is 364 g/mol. The normalized spacial score (nSPS) is 21.3. The Morgan fingerprint density at radius 3 is 2.35 bits per heavy atom. The van der Waals surface area contributed by atoms with E-state index in [-0.39, 0.29) is 18.1 Å². The van der Waals surface area contributed by atoms with Gasteiger partial charge in [0.1, 0.15) is 5.60 Å². The molecule has 1 aliphatic rings. The van der Waals surface area contributed by atoms with Gasteiger partial charge in [0.2, 0.25) is 0 Å². The third kappa shape index (κ3) is 4.83. The van der Waals surface area contributed by atoms with Crippen molar-refractivity contribution in [2.75, 3.05) is 6.61 Å². The number of ether oxygens (including phenoxy) is 3. The second-order valence-corrected chi connectivity index (χ2v) is 6.85. The molecule has 0 N–H and O–H groups in total. The van der Waals surface area contributed by atoms with E-state index in [2.05, 4.69) is 11.5 Å². The van der Waals surface area contributed by atoms with Crippen LogP contribution in [0.25, 0.3) is 0 Å². The van der Waals surface area contributed by atoms with E-state index < -0.39 is 23.7 Å². The van der Waals surface area contributed by atoms with E-state index >= 15 is 0 Å². The fraction of sp³-hybridized carbons (Fsp3) is 0.474. The summed E-state index contributed by atoms with van der Waals surface area (Å²) in [7, 11) is 0. The van der Waals surface area contributed by atoms with Crippen LogP contribution < -0.4 is 0 Å². The smallest absolute Gasteiger partial charge is 0.423 e. The van der Waals surface area contributed by atoms with Crippen LogP contribution in [0.4, 0.5) is 4.79 Å². The summed E-state index contributed by atoms with van der Waals surface area (Å²) in [4.78, 5) is 33.3. The second-order valence-electron chi connectivity index (χ2n) is 6.85. The minimum absolute atomic E-state index is 0.130. The van der Waals surface area contributed by atoms with Crippen molar-refractivity contribution in [2.45, 2.75) is 45.7 Å². The fourth-order valence-electron chi connectivity index (χ4n) is 2.62. The Morgan fingerprint density at radius 2 is 1.88 bits per heavy atom. The third-order valence-corrected chi connectivity index (χ3v) is 3.75. The van der Waals surface area contributed by atoms with Crippen LogP contribution >= 0.6 is 0 Å². The van der Waals surface area contributed by atoms with Gasteiger partial charge in [0, 0.05) is 5.57 Å². The van der Waals surface area contributed by atoms with Gasteiger partial charge in [-0.15, -0.1) is 4.89 Å². The highest BCUT2D eigenvalue weighted by Crippen LogP contribution is 2.34. The van der Waals surface area contributed by atoms with Gasteiger partial charge in [-0.1, -0.05) is 50.8 Å². The van der Waals surface area contributed by atoms with E-state index in [4.69, 9.17) is 19.1 Å². The molecule has 142 valence electrons. The predicted molar refractivity (Wildman–Crippen MR) is 91.5 cm³/mol. The lowest BCUT2D eigenvalue weighted by Gasteiger charge is -2.37. The average Bonchev–Trinajstić information content (AvgIpc) is 2.52. The van der Waals surface area contributed by atoms with E-state index in [0.29, 0.717) is 6.42 Å². The van der Waals surface area contributed by atoms with Gasteiger partial charge in [-0.05, 0) is 31.7 Å². The van der Waals surface area contributed by atoms with Crippen LogP contribution in [0, 0.1) is 5.92 Å². The van der Waals surface area contributed by atoms with Crippen LogP contribution in [0.1, 0.15) is 39.7 Å². The second kappa shape index (κ2) is 7.88. The van der Waals surface area contributed by atoms with Gasteiger partial charge < -0.3 is 14.2 Å².